The smallest absolute Gasteiger partial charge is 0.263 e. The van der Waals surface area contributed by atoms with Gasteiger partial charge in [0.1, 0.15) is 4.88 Å². The minimum atomic E-state index is -0.0910. The average molecular weight is 424 g/mol. The number of hydrogen-bond acceptors (Lipinski definition) is 6. The molecule has 3 rings (SSSR count). The van der Waals surface area contributed by atoms with E-state index in [9.17, 15) is 4.79 Å². The third-order valence-electron chi connectivity index (χ3n) is 4.52. The molecule has 0 aliphatic carbocycles. The Balaban J connectivity index is 1.69. The Morgan fingerprint density at radius 1 is 1.17 bits per heavy atom. The number of carbonyl (C=O) groups excluding carboxylic acids is 1. The van der Waals surface area contributed by atoms with Crippen LogP contribution in [-0.4, -0.2) is 26.9 Å². The largest absolute Gasteiger partial charge is 0.352 e. The van der Waals surface area contributed by atoms with Crippen molar-refractivity contribution in [2.75, 3.05) is 5.32 Å². The van der Waals surface area contributed by atoms with Gasteiger partial charge in [-0.3, -0.25) is 4.79 Å². The number of thiazole rings is 1. The van der Waals surface area contributed by atoms with Crippen molar-refractivity contribution in [1.29, 1.82) is 0 Å². The average Bonchev–Trinajstić information content (AvgIpc) is 3.17. The Bertz CT molecular complexity index is 1040. The minimum Gasteiger partial charge on any atom is -0.352 e. The van der Waals surface area contributed by atoms with Gasteiger partial charge in [0.2, 0.25) is 5.95 Å². The number of amides is 1. The summed E-state index contributed by atoms with van der Waals surface area (Å²) in [5.74, 6) is 0.530. The molecule has 1 amide bonds. The molecular weight excluding hydrogens is 394 g/mol. The molecule has 30 heavy (non-hydrogen) atoms. The van der Waals surface area contributed by atoms with E-state index in [2.05, 4.69) is 66.3 Å². The summed E-state index contributed by atoms with van der Waals surface area (Å²) in [6, 6.07) is 8.33. The molecule has 0 spiro atoms. The third-order valence-corrected chi connectivity index (χ3v) is 5.94. The second kappa shape index (κ2) is 8.92. The van der Waals surface area contributed by atoms with Crippen LogP contribution in [0.15, 0.2) is 36.7 Å². The van der Waals surface area contributed by atoms with Crippen LogP contribution in [0.4, 0.5) is 5.95 Å². The SMILES string of the molecule is Cc1cc(-c2ccnc(NC(C)C)n2)ccc1CNC(=O)c1cnc(C(C)(C)C)s1. The summed E-state index contributed by atoms with van der Waals surface area (Å²) in [4.78, 5) is 26.4. The maximum absolute atomic E-state index is 12.5. The van der Waals surface area contributed by atoms with Crippen LogP contribution in [0.1, 0.15) is 60.4 Å². The van der Waals surface area contributed by atoms with Gasteiger partial charge < -0.3 is 10.6 Å². The van der Waals surface area contributed by atoms with Crippen LogP contribution in [-0.2, 0) is 12.0 Å². The molecule has 2 N–H and O–H groups in total. The highest BCUT2D eigenvalue weighted by Crippen LogP contribution is 2.27. The lowest BCUT2D eigenvalue weighted by Crippen LogP contribution is -2.22. The van der Waals surface area contributed by atoms with Crippen molar-refractivity contribution in [2.24, 2.45) is 0 Å². The lowest BCUT2D eigenvalue weighted by Gasteiger charge is -2.13. The molecule has 2 heterocycles. The van der Waals surface area contributed by atoms with Gasteiger partial charge in [-0.2, -0.15) is 0 Å². The van der Waals surface area contributed by atoms with Crippen LogP contribution in [0.5, 0.6) is 0 Å². The first-order valence-corrected chi connectivity index (χ1v) is 10.9. The summed E-state index contributed by atoms with van der Waals surface area (Å²) in [6.07, 6.45) is 3.42. The molecule has 0 aliphatic heterocycles. The predicted molar refractivity (Wildman–Crippen MR) is 123 cm³/mol. The second-order valence-electron chi connectivity index (χ2n) is 8.67. The number of benzene rings is 1. The van der Waals surface area contributed by atoms with Crippen LogP contribution in [0.2, 0.25) is 0 Å². The molecule has 0 aliphatic rings. The molecule has 0 bridgehead atoms. The molecule has 0 saturated heterocycles. The Hall–Kier alpha value is -2.80. The summed E-state index contributed by atoms with van der Waals surface area (Å²) in [5, 5.41) is 7.20. The first-order chi connectivity index (χ1) is 14.1. The summed E-state index contributed by atoms with van der Waals surface area (Å²) in [6.45, 7) is 12.9. The molecule has 0 atom stereocenters. The van der Waals surface area contributed by atoms with E-state index in [1.807, 2.05) is 25.1 Å². The third kappa shape index (κ3) is 5.42. The molecule has 158 valence electrons. The first-order valence-electron chi connectivity index (χ1n) is 10.1. The lowest BCUT2D eigenvalue weighted by molar-refractivity contribution is 0.0954. The number of hydrogen-bond donors (Lipinski definition) is 2. The monoisotopic (exact) mass is 423 g/mol. The summed E-state index contributed by atoms with van der Waals surface area (Å²) in [5.41, 5.74) is 4.01. The summed E-state index contributed by atoms with van der Waals surface area (Å²) in [7, 11) is 0. The number of nitrogens with zero attached hydrogens (tertiary/aromatic N) is 3. The normalized spacial score (nSPS) is 11.6. The van der Waals surface area contributed by atoms with E-state index in [0.717, 1.165) is 27.4 Å². The van der Waals surface area contributed by atoms with Crippen molar-refractivity contribution in [2.45, 2.75) is 59.5 Å². The number of carbonyl (C=O) groups is 1. The number of aryl methyl sites for hydroxylation is 1. The molecular formula is C23H29N5OS. The molecule has 0 saturated carbocycles. The highest BCUT2D eigenvalue weighted by molar-refractivity contribution is 7.13. The molecule has 7 heteroatoms. The summed E-state index contributed by atoms with van der Waals surface area (Å²) >= 11 is 1.45. The number of anilines is 1. The van der Waals surface area contributed by atoms with Gasteiger partial charge >= 0.3 is 0 Å². The fourth-order valence-corrected chi connectivity index (χ4v) is 3.78. The van der Waals surface area contributed by atoms with Gasteiger partial charge in [-0.15, -0.1) is 11.3 Å². The van der Waals surface area contributed by atoms with Crippen molar-refractivity contribution < 1.29 is 4.79 Å². The highest BCUT2D eigenvalue weighted by atomic mass is 32.1. The van der Waals surface area contributed by atoms with E-state index in [4.69, 9.17) is 0 Å². The van der Waals surface area contributed by atoms with Gasteiger partial charge in [-0.05, 0) is 44.0 Å². The van der Waals surface area contributed by atoms with Crippen molar-refractivity contribution in [3.63, 3.8) is 0 Å². The number of nitrogens with one attached hydrogen (secondary N) is 2. The summed E-state index contributed by atoms with van der Waals surface area (Å²) < 4.78 is 0. The molecule has 3 aromatic rings. The van der Waals surface area contributed by atoms with Crippen molar-refractivity contribution >= 4 is 23.2 Å². The number of rotatable bonds is 6. The molecule has 0 radical (unpaired) electrons. The van der Waals surface area contributed by atoms with Crippen LogP contribution < -0.4 is 10.6 Å². The van der Waals surface area contributed by atoms with Crippen molar-refractivity contribution in [3.8, 4) is 11.3 Å². The Kier molecular flexibility index (Phi) is 6.51. The first kappa shape index (κ1) is 21.9. The van der Waals surface area contributed by atoms with E-state index in [1.165, 1.54) is 11.3 Å². The predicted octanol–water partition coefficient (Wildman–Crippen LogP) is 4.96. The Morgan fingerprint density at radius 3 is 2.57 bits per heavy atom. The van der Waals surface area contributed by atoms with Gasteiger partial charge in [0.15, 0.2) is 0 Å². The van der Waals surface area contributed by atoms with Crippen LogP contribution >= 0.6 is 11.3 Å². The second-order valence-corrected chi connectivity index (χ2v) is 9.70. The van der Waals surface area contributed by atoms with Gasteiger partial charge in [0.05, 0.1) is 16.9 Å². The highest BCUT2D eigenvalue weighted by Gasteiger charge is 2.20. The fourth-order valence-electron chi connectivity index (χ4n) is 2.89. The van der Waals surface area contributed by atoms with E-state index in [-0.39, 0.29) is 17.4 Å². The zero-order valence-corrected chi connectivity index (χ0v) is 19.2. The quantitative estimate of drug-likeness (QED) is 0.586. The molecule has 0 fully saturated rings. The van der Waals surface area contributed by atoms with E-state index in [1.54, 1.807) is 12.4 Å². The topological polar surface area (TPSA) is 79.8 Å². The lowest BCUT2D eigenvalue weighted by atomic mass is 9.98. The Labute approximate surface area is 182 Å². The van der Waals surface area contributed by atoms with Gasteiger partial charge in [-0.25, -0.2) is 15.0 Å². The maximum atomic E-state index is 12.5. The zero-order chi connectivity index (χ0) is 21.9. The molecule has 0 unspecified atom stereocenters. The molecule has 2 aromatic heterocycles. The Morgan fingerprint density at radius 2 is 1.93 bits per heavy atom. The van der Waals surface area contributed by atoms with E-state index < -0.39 is 0 Å². The van der Waals surface area contributed by atoms with E-state index in [0.29, 0.717) is 17.4 Å². The van der Waals surface area contributed by atoms with Crippen molar-refractivity contribution in [3.05, 3.63) is 57.7 Å². The van der Waals surface area contributed by atoms with Crippen LogP contribution in [0.3, 0.4) is 0 Å². The molecule has 1 aromatic carbocycles. The zero-order valence-electron chi connectivity index (χ0n) is 18.4. The minimum absolute atomic E-state index is 0.0544. The van der Waals surface area contributed by atoms with E-state index >= 15 is 0 Å². The van der Waals surface area contributed by atoms with Gasteiger partial charge in [-0.1, -0.05) is 32.9 Å². The maximum Gasteiger partial charge on any atom is 0.263 e. The standard InChI is InChI=1S/C23H29N5OS/c1-14(2)27-22-24-10-9-18(28-22)16-7-8-17(15(3)11-16)12-25-20(29)19-13-26-21(30-19)23(4,5)6/h7-11,13-14H,12H2,1-6H3,(H,25,29)(H,24,27,28). The van der Waals surface area contributed by atoms with Crippen molar-refractivity contribution in [1.82, 2.24) is 20.3 Å². The van der Waals surface area contributed by atoms with Gasteiger partial charge in [0, 0.05) is 29.8 Å². The van der Waals surface area contributed by atoms with Gasteiger partial charge in [0.25, 0.3) is 5.91 Å². The fraction of sp³-hybridized carbons (Fsp3) is 0.391. The van der Waals surface area contributed by atoms with Crippen LogP contribution in [0, 0.1) is 6.92 Å². The molecule has 6 nitrogen and oxygen atoms in total. The number of aromatic nitrogens is 3. The van der Waals surface area contributed by atoms with Crippen LogP contribution in [0.25, 0.3) is 11.3 Å².